The molecule has 226 valence electrons. The lowest BCUT2D eigenvalue weighted by Gasteiger charge is -2.27. The van der Waals surface area contributed by atoms with Crippen LogP contribution < -0.4 is 14.5 Å². The Kier molecular flexibility index (Phi) is 9.99. The summed E-state index contributed by atoms with van der Waals surface area (Å²) >= 11 is 1.52. The zero-order valence-electron chi connectivity index (χ0n) is 25.0. The largest absolute Gasteiger partial charge is 0.378 e. The second-order valence-corrected chi connectivity index (χ2v) is 12.2. The molecule has 1 unspecified atom stereocenters. The SMILES string of the molecule is C=CC(C)=O.CC(SNc1ccc(-c2cc3c(N4CCOCC4)ncnc3[nH]2)cc1F)c1cccc(N2CC[C@@H](C)C2)c1. The number of allylic oxidation sites excluding steroid dienone is 1. The van der Waals surface area contributed by atoms with Gasteiger partial charge in [-0.05, 0) is 80.1 Å². The summed E-state index contributed by atoms with van der Waals surface area (Å²) in [5.41, 5.74) is 5.30. The van der Waals surface area contributed by atoms with Crippen molar-refractivity contribution in [1.82, 2.24) is 15.0 Å². The highest BCUT2D eigenvalue weighted by Crippen LogP contribution is 2.35. The number of anilines is 3. The van der Waals surface area contributed by atoms with Crippen LogP contribution in [0.15, 0.2) is 67.5 Å². The first-order chi connectivity index (χ1) is 20.8. The highest BCUT2D eigenvalue weighted by Gasteiger charge is 2.20. The summed E-state index contributed by atoms with van der Waals surface area (Å²) in [5.74, 6) is 1.35. The number of fused-ring (bicyclic) bond motifs is 1. The molecular formula is C33H39FN6O2S. The zero-order chi connectivity index (χ0) is 30.3. The number of ketones is 1. The third kappa shape index (κ3) is 7.55. The van der Waals surface area contributed by atoms with Gasteiger partial charge >= 0.3 is 0 Å². The van der Waals surface area contributed by atoms with E-state index < -0.39 is 0 Å². The van der Waals surface area contributed by atoms with Gasteiger partial charge in [-0.3, -0.25) is 4.79 Å². The quantitative estimate of drug-likeness (QED) is 0.164. The van der Waals surface area contributed by atoms with Crippen LogP contribution >= 0.6 is 11.9 Å². The molecule has 4 aromatic rings. The van der Waals surface area contributed by atoms with Gasteiger partial charge in [0.05, 0.1) is 24.3 Å². The number of ether oxygens (including phenoxy) is 1. The van der Waals surface area contributed by atoms with Crippen LogP contribution in [0.2, 0.25) is 0 Å². The number of nitrogens with one attached hydrogen (secondary N) is 2. The summed E-state index contributed by atoms with van der Waals surface area (Å²) in [5, 5.41) is 1.10. The number of carbonyl (C=O) groups excluding carboxylic acids is 1. The van der Waals surface area contributed by atoms with E-state index in [1.165, 1.54) is 42.6 Å². The van der Waals surface area contributed by atoms with E-state index in [4.69, 9.17) is 4.74 Å². The summed E-state index contributed by atoms with van der Waals surface area (Å²) in [6.45, 7) is 14.3. The Morgan fingerprint density at radius 3 is 2.65 bits per heavy atom. The summed E-state index contributed by atoms with van der Waals surface area (Å²) in [6.07, 6.45) is 4.09. The van der Waals surface area contributed by atoms with Crippen LogP contribution in [0.4, 0.5) is 21.6 Å². The number of benzene rings is 2. The van der Waals surface area contributed by atoms with Crippen molar-refractivity contribution in [1.29, 1.82) is 0 Å². The van der Waals surface area contributed by atoms with Crippen LogP contribution in [-0.2, 0) is 9.53 Å². The van der Waals surface area contributed by atoms with E-state index >= 15 is 4.39 Å². The fourth-order valence-electron chi connectivity index (χ4n) is 5.24. The van der Waals surface area contributed by atoms with Crippen molar-refractivity contribution < 1.29 is 13.9 Å². The van der Waals surface area contributed by atoms with Crippen molar-refractivity contribution >= 4 is 46.0 Å². The Bertz CT molecular complexity index is 1570. The van der Waals surface area contributed by atoms with Crippen LogP contribution in [-0.4, -0.2) is 60.1 Å². The number of rotatable bonds is 8. The van der Waals surface area contributed by atoms with Gasteiger partial charge in [-0.2, -0.15) is 0 Å². The van der Waals surface area contributed by atoms with Crippen molar-refractivity contribution in [2.45, 2.75) is 32.4 Å². The van der Waals surface area contributed by atoms with Gasteiger partial charge in [-0.25, -0.2) is 14.4 Å². The van der Waals surface area contributed by atoms with Gasteiger partial charge < -0.3 is 24.2 Å². The molecule has 10 heteroatoms. The third-order valence-electron chi connectivity index (χ3n) is 7.76. The molecule has 0 spiro atoms. The highest BCUT2D eigenvalue weighted by atomic mass is 32.2. The third-order valence-corrected chi connectivity index (χ3v) is 8.72. The number of morpholine rings is 1. The van der Waals surface area contributed by atoms with E-state index in [-0.39, 0.29) is 16.9 Å². The Hall–Kier alpha value is -3.89. The fourth-order valence-corrected chi connectivity index (χ4v) is 5.99. The number of hydrogen-bond acceptors (Lipinski definition) is 8. The molecule has 2 N–H and O–H groups in total. The number of aromatic amines is 1. The normalized spacial score (nSPS) is 17.3. The number of carbonyl (C=O) groups is 1. The first-order valence-electron chi connectivity index (χ1n) is 14.7. The second kappa shape index (κ2) is 14.1. The van der Waals surface area contributed by atoms with Gasteiger partial charge in [0.2, 0.25) is 0 Å². The van der Waals surface area contributed by atoms with E-state index in [9.17, 15) is 4.79 Å². The number of halogens is 1. The van der Waals surface area contributed by atoms with Gasteiger partial charge in [0.25, 0.3) is 0 Å². The van der Waals surface area contributed by atoms with E-state index in [1.807, 2.05) is 12.1 Å². The van der Waals surface area contributed by atoms with Crippen LogP contribution in [0.3, 0.4) is 0 Å². The molecule has 0 radical (unpaired) electrons. The first kappa shape index (κ1) is 30.6. The molecule has 8 nitrogen and oxygen atoms in total. The molecule has 2 aromatic carbocycles. The van der Waals surface area contributed by atoms with Gasteiger partial charge in [-0.1, -0.05) is 31.7 Å². The summed E-state index contributed by atoms with van der Waals surface area (Å²) in [7, 11) is 0. The molecule has 2 fully saturated rings. The van der Waals surface area contributed by atoms with E-state index in [1.54, 1.807) is 18.5 Å². The molecule has 2 aliphatic rings. The average molecular weight is 603 g/mol. The first-order valence-corrected chi connectivity index (χ1v) is 15.6. The second-order valence-electron chi connectivity index (χ2n) is 11.0. The summed E-state index contributed by atoms with van der Waals surface area (Å²) in [4.78, 5) is 26.6. The molecule has 0 aliphatic carbocycles. The maximum Gasteiger partial charge on any atom is 0.152 e. The average Bonchev–Trinajstić information content (AvgIpc) is 3.67. The fraction of sp³-hybridized carbons (Fsp3) is 0.364. The maximum atomic E-state index is 15.2. The number of aromatic nitrogens is 3. The van der Waals surface area contributed by atoms with Crippen molar-refractivity contribution in [3.8, 4) is 11.3 Å². The monoisotopic (exact) mass is 602 g/mol. The molecule has 0 amide bonds. The van der Waals surface area contributed by atoms with E-state index in [0.29, 0.717) is 18.9 Å². The lowest BCUT2D eigenvalue weighted by molar-refractivity contribution is -0.112. The Morgan fingerprint density at radius 1 is 1.16 bits per heavy atom. The molecule has 2 saturated heterocycles. The molecule has 2 aliphatic heterocycles. The Balaban J connectivity index is 0.000000682. The smallest absolute Gasteiger partial charge is 0.152 e. The zero-order valence-corrected chi connectivity index (χ0v) is 25.8. The van der Waals surface area contributed by atoms with Crippen molar-refractivity contribution in [2.24, 2.45) is 5.92 Å². The van der Waals surface area contributed by atoms with Crippen molar-refractivity contribution in [3.63, 3.8) is 0 Å². The molecule has 2 atom stereocenters. The van der Waals surface area contributed by atoms with Crippen LogP contribution in [0.1, 0.15) is 38.0 Å². The van der Waals surface area contributed by atoms with Crippen LogP contribution in [0.5, 0.6) is 0 Å². The molecule has 2 aromatic heterocycles. The minimum absolute atomic E-state index is 0.0185. The maximum absolute atomic E-state index is 15.2. The van der Waals surface area contributed by atoms with Crippen molar-refractivity contribution in [2.75, 3.05) is 53.9 Å². The van der Waals surface area contributed by atoms with Gasteiger partial charge in [0.1, 0.15) is 23.6 Å². The van der Waals surface area contributed by atoms with Gasteiger partial charge in [-0.15, -0.1) is 0 Å². The van der Waals surface area contributed by atoms with Crippen molar-refractivity contribution in [3.05, 3.63) is 78.9 Å². The number of nitrogens with zero attached hydrogens (tertiary/aromatic N) is 4. The molecule has 6 rings (SSSR count). The number of H-pyrrole nitrogens is 1. The molecule has 4 heterocycles. The van der Waals surface area contributed by atoms with Crippen LogP contribution in [0, 0.1) is 11.7 Å². The summed E-state index contributed by atoms with van der Waals surface area (Å²) in [6, 6.07) is 16.0. The van der Waals surface area contributed by atoms with E-state index in [0.717, 1.165) is 60.2 Å². The minimum Gasteiger partial charge on any atom is -0.378 e. The predicted molar refractivity (Wildman–Crippen MR) is 175 cm³/mol. The minimum atomic E-state index is -0.292. The highest BCUT2D eigenvalue weighted by molar-refractivity contribution is 8.00. The molecule has 0 saturated carbocycles. The lowest BCUT2D eigenvalue weighted by Crippen LogP contribution is -2.36. The molecule has 43 heavy (non-hydrogen) atoms. The number of hydrogen-bond donors (Lipinski definition) is 2. The predicted octanol–water partition coefficient (Wildman–Crippen LogP) is 7.03. The van der Waals surface area contributed by atoms with Gasteiger partial charge in [0.15, 0.2) is 5.78 Å². The van der Waals surface area contributed by atoms with Gasteiger partial charge in [0, 0.05) is 48.4 Å². The summed E-state index contributed by atoms with van der Waals surface area (Å²) < 4.78 is 23.9. The Morgan fingerprint density at radius 2 is 1.95 bits per heavy atom. The lowest BCUT2D eigenvalue weighted by atomic mass is 10.1. The van der Waals surface area contributed by atoms with E-state index in [2.05, 4.69) is 74.2 Å². The standard InChI is InChI=1S/C29H33FN6OS.C4H6O/c1-19-8-9-36(17-19)23-5-3-4-21(14-23)20(2)38-34-26-7-6-22(15-25(26)30)27-16-24-28(33-27)31-18-32-29(24)35-10-12-37-13-11-35;1-3-4(2)5/h3-7,14-16,18-20,34H,8-13,17H2,1-2H3,(H,31,32,33);3H,1H2,2H3/t19-,20?;/m1./s1. The van der Waals surface area contributed by atoms with Crippen LogP contribution in [0.25, 0.3) is 22.3 Å². The topological polar surface area (TPSA) is 86.4 Å². The molecule has 0 bridgehead atoms. The molecular weight excluding hydrogens is 563 g/mol. The Labute approximate surface area is 256 Å².